The van der Waals surface area contributed by atoms with Gasteiger partial charge in [-0.1, -0.05) is 24.3 Å². The molecule has 1 aromatic heterocycles. The van der Waals surface area contributed by atoms with Gasteiger partial charge in [-0.2, -0.15) is 5.10 Å². The molecule has 0 aliphatic carbocycles. The Bertz CT molecular complexity index is 990. The minimum atomic E-state index is -0.563. The Labute approximate surface area is 142 Å². The molecule has 6 nitrogen and oxygen atoms in total. The number of nitrogens with one attached hydrogen (secondary N) is 2. The van der Waals surface area contributed by atoms with Crippen LogP contribution in [0.1, 0.15) is 21.6 Å². The number of carbonyl (C=O) groups excluding carboxylic acids is 1. The monoisotopic (exact) mass is 338 g/mol. The molecular formula is C18H15FN4O2. The number of benzene rings is 2. The second kappa shape index (κ2) is 6.96. The first kappa shape index (κ1) is 16.4. The van der Waals surface area contributed by atoms with E-state index in [1.807, 2.05) is 18.2 Å². The molecule has 0 unspecified atom stereocenters. The Morgan fingerprint density at radius 1 is 1.20 bits per heavy atom. The van der Waals surface area contributed by atoms with E-state index in [2.05, 4.69) is 15.6 Å². The van der Waals surface area contributed by atoms with Crippen molar-refractivity contribution in [3.05, 3.63) is 87.6 Å². The highest BCUT2D eigenvalue weighted by molar-refractivity contribution is 5.94. The first-order chi connectivity index (χ1) is 12.1. The van der Waals surface area contributed by atoms with Gasteiger partial charge >= 0.3 is 0 Å². The van der Waals surface area contributed by atoms with Crippen LogP contribution in [0.15, 0.2) is 64.5 Å². The van der Waals surface area contributed by atoms with E-state index in [9.17, 15) is 14.0 Å². The number of hydrazone groups is 1. The van der Waals surface area contributed by atoms with Crippen molar-refractivity contribution in [2.24, 2.45) is 5.10 Å². The van der Waals surface area contributed by atoms with Gasteiger partial charge in [0, 0.05) is 11.3 Å². The normalized spacial score (nSPS) is 11.0. The summed E-state index contributed by atoms with van der Waals surface area (Å²) in [6.07, 6.45) is 1.27. The third-order valence-electron chi connectivity index (χ3n) is 3.58. The summed E-state index contributed by atoms with van der Waals surface area (Å²) in [4.78, 5) is 24.4. The van der Waals surface area contributed by atoms with Crippen molar-refractivity contribution >= 4 is 12.1 Å². The van der Waals surface area contributed by atoms with Gasteiger partial charge in [-0.15, -0.1) is 0 Å². The van der Waals surface area contributed by atoms with Crippen LogP contribution >= 0.6 is 0 Å². The zero-order valence-corrected chi connectivity index (χ0v) is 13.4. The fourth-order valence-corrected chi connectivity index (χ4v) is 2.32. The van der Waals surface area contributed by atoms with Crippen molar-refractivity contribution in [1.82, 2.24) is 15.2 Å². The molecule has 0 atom stereocenters. The number of hydrogen-bond acceptors (Lipinski definition) is 3. The number of H-pyrrole nitrogens is 1. The molecule has 7 heteroatoms. The van der Waals surface area contributed by atoms with Gasteiger partial charge in [-0.3, -0.25) is 14.7 Å². The fourth-order valence-electron chi connectivity index (χ4n) is 2.32. The number of halogens is 1. The fraction of sp³-hybridized carbons (Fsp3) is 0.0556. The highest BCUT2D eigenvalue weighted by Crippen LogP contribution is 2.06. The number of amides is 1. The summed E-state index contributed by atoms with van der Waals surface area (Å²) in [5.74, 6) is -1.07. The molecule has 0 aliphatic heterocycles. The molecule has 1 heterocycles. The molecule has 0 bridgehead atoms. The maximum Gasteiger partial charge on any atom is 0.280 e. The molecule has 3 aromatic rings. The molecule has 2 N–H and O–H groups in total. The molecule has 0 radical (unpaired) electrons. The average molecular weight is 338 g/mol. The van der Waals surface area contributed by atoms with E-state index in [0.29, 0.717) is 16.9 Å². The van der Waals surface area contributed by atoms with Crippen molar-refractivity contribution < 1.29 is 9.18 Å². The number of rotatable bonds is 4. The SMILES string of the molecule is Cc1[nH]n(-c2ccccc2)c(=O)c1/C=N/NC(=O)c1cccc(F)c1. The largest absolute Gasteiger partial charge is 0.295 e. The molecule has 0 fully saturated rings. The lowest BCUT2D eigenvalue weighted by Crippen LogP contribution is -2.20. The van der Waals surface area contributed by atoms with Crippen molar-refractivity contribution in [3.8, 4) is 5.69 Å². The Morgan fingerprint density at radius 3 is 2.68 bits per heavy atom. The molecule has 1 amide bonds. The average Bonchev–Trinajstić information content (AvgIpc) is 2.90. The van der Waals surface area contributed by atoms with Gasteiger partial charge in [0.15, 0.2) is 0 Å². The third-order valence-corrected chi connectivity index (χ3v) is 3.58. The van der Waals surface area contributed by atoms with E-state index in [1.165, 1.54) is 29.1 Å². The van der Waals surface area contributed by atoms with Crippen LogP contribution in [0.3, 0.4) is 0 Å². The lowest BCUT2D eigenvalue weighted by Gasteiger charge is -1.99. The summed E-state index contributed by atoms with van der Waals surface area (Å²) < 4.78 is 14.5. The minimum Gasteiger partial charge on any atom is -0.295 e. The minimum absolute atomic E-state index is 0.143. The number of para-hydroxylation sites is 1. The zero-order chi connectivity index (χ0) is 17.8. The summed E-state index contributed by atoms with van der Waals surface area (Å²) in [5, 5.41) is 6.75. The summed E-state index contributed by atoms with van der Waals surface area (Å²) >= 11 is 0. The predicted molar refractivity (Wildman–Crippen MR) is 92.6 cm³/mol. The van der Waals surface area contributed by atoms with Crippen molar-refractivity contribution in [2.75, 3.05) is 0 Å². The summed E-state index contributed by atoms with van der Waals surface area (Å²) in [7, 11) is 0. The van der Waals surface area contributed by atoms with Gasteiger partial charge in [0.2, 0.25) is 0 Å². The van der Waals surface area contributed by atoms with Crippen LogP contribution < -0.4 is 11.0 Å². The van der Waals surface area contributed by atoms with E-state index < -0.39 is 11.7 Å². The van der Waals surface area contributed by atoms with E-state index >= 15 is 0 Å². The molecule has 126 valence electrons. The Hall–Kier alpha value is -3.48. The molecule has 0 aliphatic rings. The van der Waals surface area contributed by atoms with E-state index in [-0.39, 0.29) is 11.1 Å². The van der Waals surface area contributed by atoms with Crippen LogP contribution in [0, 0.1) is 12.7 Å². The number of nitrogens with zero attached hydrogens (tertiary/aromatic N) is 2. The van der Waals surface area contributed by atoms with Gasteiger partial charge < -0.3 is 0 Å². The molecule has 25 heavy (non-hydrogen) atoms. The summed E-state index contributed by atoms with van der Waals surface area (Å²) in [5.41, 5.74) is 3.76. The highest BCUT2D eigenvalue weighted by atomic mass is 19.1. The van der Waals surface area contributed by atoms with Crippen molar-refractivity contribution in [3.63, 3.8) is 0 Å². The number of hydrogen-bond donors (Lipinski definition) is 2. The van der Waals surface area contributed by atoms with Crippen LogP contribution in [0.2, 0.25) is 0 Å². The van der Waals surface area contributed by atoms with Gasteiger partial charge in [0.25, 0.3) is 11.5 Å². The molecule has 0 spiro atoms. The number of carbonyl (C=O) groups is 1. The lowest BCUT2D eigenvalue weighted by molar-refractivity contribution is 0.0954. The maximum atomic E-state index is 13.1. The molecule has 0 saturated carbocycles. The van der Waals surface area contributed by atoms with Crippen LogP contribution in [0.25, 0.3) is 5.69 Å². The summed E-state index contributed by atoms with van der Waals surface area (Å²) in [6.45, 7) is 1.73. The van der Waals surface area contributed by atoms with Crippen molar-refractivity contribution in [1.29, 1.82) is 0 Å². The lowest BCUT2D eigenvalue weighted by atomic mass is 10.2. The zero-order valence-electron chi connectivity index (χ0n) is 13.4. The second-order valence-electron chi connectivity index (χ2n) is 5.34. The number of aromatic nitrogens is 2. The first-order valence-electron chi connectivity index (χ1n) is 7.52. The van der Waals surface area contributed by atoms with Crippen LogP contribution in [0.4, 0.5) is 4.39 Å². The highest BCUT2D eigenvalue weighted by Gasteiger charge is 2.11. The standard InChI is InChI=1S/C18H15FN4O2/c1-12-16(18(25)23(22-12)15-8-3-2-4-9-15)11-20-21-17(24)13-6-5-7-14(19)10-13/h2-11,22H,1H3,(H,21,24)/b20-11+. The van der Waals surface area contributed by atoms with Crippen molar-refractivity contribution in [2.45, 2.75) is 6.92 Å². The van der Waals surface area contributed by atoms with E-state index in [0.717, 1.165) is 6.07 Å². The van der Waals surface area contributed by atoms with Gasteiger partial charge in [-0.25, -0.2) is 14.5 Å². The third kappa shape index (κ3) is 3.55. The predicted octanol–water partition coefficient (Wildman–Crippen LogP) is 2.38. The maximum absolute atomic E-state index is 13.1. The van der Waals surface area contributed by atoms with Crippen LogP contribution in [-0.2, 0) is 0 Å². The quantitative estimate of drug-likeness (QED) is 0.566. The van der Waals surface area contributed by atoms with Crippen LogP contribution in [-0.4, -0.2) is 21.9 Å². The number of aryl methyl sites for hydroxylation is 1. The Balaban J connectivity index is 1.79. The molecular weight excluding hydrogens is 323 g/mol. The van der Waals surface area contributed by atoms with E-state index in [1.54, 1.807) is 19.1 Å². The number of aromatic amines is 1. The summed E-state index contributed by atoms with van der Waals surface area (Å²) in [6, 6.07) is 14.4. The van der Waals surface area contributed by atoms with Gasteiger partial charge in [0.05, 0.1) is 17.5 Å². The van der Waals surface area contributed by atoms with Crippen LogP contribution in [0.5, 0.6) is 0 Å². The van der Waals surface area contributed by atoms with Gasteiger partial charge in [0.1, 0.15) is 5.82 Å². The molecule has 2 aromatic carbocycles. The Morgan fingerprint density at radius 2 is 1.96 bits per heavy atom. The smallest absolute Gasteiger partial charge is 0.280 e. The molecule has 0 saturated heterocycles. The second-order valence-corrected chi connectivity index (χ2v) is 5.34. The first-order valence-corrected chi connectivity index (χ1v) is 7.52. The molecule has 3 rings (SSSR count). The topological polar surface area (TPSA) is 79.2 Å². The van der Waals surface area contributed by atoms with Gasteiger partial charge in [-0.05, 0) is 37.3 Å². The Kier molecular flexibility index (Phi) is 4.56. The van der Waals surface area contributed by atoms with E-state index in [4.69, 9.17) is 0 Å².